The highest BCUT2D eigenvalue weighted by Crippen LogP contribution is 2.19. The van der Waals surface area contributed by atoms with Crippen LogP contribution in [0.1, 0.15) is 11.5 Å². The van der Waals surface area contributed by atoms with E-state index >= 15 is 0 Å². The molecule has 18 heavy (non-hydrogen) atoms. The Labute approximate surface area is 109 Å². The lowest BCUT2D eigenvalue weighted by Gasteiger charge is -2.05. The Balaban J connectivity index is 1.93. The van der Waals surface area contributed by atoms with Crippen LogP contribution in [-0.4, -0.2) is 16.0 Å². The Kier molecular flexibility index (Phi) is 4.20. The third kappa shape index (κ3) is 3.25. The van der Waals surface area contributed by atoms with Gasteiger partial charge in [0.15, 0.2) is 6.61 Å². The van der Waals surface area contributed by atoms with E-state index in [1.54, 1.807) is 0 Å². The maximum Gasteiger partial charge on any atom is 0.277 e. The number of benzene rings is 1. The molecule has 5 nitrogen and oxygen atoms in total. The second-order valence-electron chi connectivity index (χ2n) is 3.46. The quantitative estimate of drug-likeness (QED) is 0.770. The van der Waals surface area contributed by atoms with Crippen LogP contribution in [0, 0.1) is 18.3 Å². The van der Waals surface area contributed by atoms with Crippen molar-refractivity contribution in [1.82, 2.24) is 10.2 Å². The normalized spacial score (nSPS) is 10.0. The summed E-state index contributed by atoms with van der Waals surface area (Å²) in [5.41, 5.74) is 1.05. The largest absolute Gasteiger partial charge is 0.484 e. The topological polar surface area (TPSA) is 71.9 Å². The fourth-order valence-electron chi connectivity index (χ4n) is 1.31. The number of hydrogen-bond acceptors (Lipinski definition) is 6. The number of hydrogen-bond donors (Lipinski definition) is 0. The summed E-state index contributed by atoms with van der Waals surface area (Å²) in [5, 5.41) is 16.5. The lowest BCUT2D eigenvalue weighted by Crippen LogP contribution is -1.97. The second-order valence-corrected chi connectivity index (χ2v) is 4.39. The summed E-state index contributed by atoms with van der Waals surface area (Å²) in [5.74, 6) is 1.49. The maximum absolute atomic E-state index is 8.43. The van der Waals surface area contributed by atoms with E-state index in [0.717, 1.165) is 11.3 Å². The molecule has 0 saturated heterocycles. The minimum atomic E-state index is 0.227. The summed E-state index contributed by atoms with van der Waals surface area (Å²) >= 11 is 1.21. The Bertz CT molecular complexity index is 562. The molecule has 1 heterocycles. The van der Waals surface area contributed by atoms with Crippen LogP contribution in [-0.2, 0) is 6.61 Å². The SMILES string of the molecule is Cc1ccccc1OCc1nnc(SCC#N)o1. The Morgan fingerprint density at radius 1 is 1.39 bits per heavy atom. The van der Waals surface area contributed by atoms with Gasteiger partial charge in [-0.15, -0.1) is 10.2 Å². The number of ether oxygens (including phenoxy) is 1. The first-order valence-electron chi connectivity index (χ1n) is 5.30. The van der Waals surface area contributed by atoms with Crippen LogP contribution < -0.4 is 4.74 Å². The van der Waals surface area contributed by atoms with Crippen LogP contribution in [0.3, 0.4) is 0 Å². The lowest BCUT2D eigenvalue weighted by atomic mass is 10.2. The van der Waals surface area contributed by atoms with E-state index in [-0.39, 0.29) is 6.61 Å². The van der Waals surface area contributed by atoms with Gasteiger partial charge in [0.1, 0.15) is 5.75 Å². The maximum atomic E-state index is 8.43. The molecule has 0 radical (unpaired) electrons. The van der Waals surface area contributed by atoms with Crippen LogP contribution in [0.5, 0.6) is 5.75 Å². The zero-order valence-corrected chi connectivity index (χ0v) is 10.6. The standard InChI is InChI=1S/C12H11N3O2S/c1-9-4-2-3-5-10(9)16-8-11-14-15-12(17-11)18-7-6-13/h2-5H,7-8H2,1H3. The molecule has 0 N–H and O–H groups in total. The smallest absolute Gasteiger partial charge is 0.277 e. The molecule has 1 aromatic heterocycles. The molecule has 0 fully saturated rings. The molecule has 0 bridgehead atoms. The van der Waals surface area contributed by atoms with Crippen molar-refractivity contribution in [3.05, 3.63) is 35.7 Å². The van der Waals surface area contributed by atoms with Crippen molar-refractivity contribution in [3.8, 4) is 11.8 Å². The number of thioether (sulfide) groups is 1. The highest BCUT2D eigenvalue weighted by atomic mass is 32.2. The molecule has 0 spiro atoms. The number of nitriles is 1. The van der Waals surface area contributed by atoms with Crippen molar-refractivity contribution in [1.29, 1.82) is 5.26 Å². The average molecular weight is 261 g/mol. The van der Waals surface area contributed by atoms with Crippen molar-refractivity contribution >= 4 is 11.8 Å². The van der Waals surface area contributed by atoms with E-state index in [1.165, 1.54) is 11.8 Å². The molecule has 6 heteroatoms. The van der Waals surface area contributed by atoms with E-state index in [2.05, 4.69) is 10.2 Å². The van der Waals surface area contributed by atoms with Gasteiger partial charge in [-0.2, -0.15) is 5.26 Å². The van der Waals surface area contributed by atoms with E-state index < -0.39 is 0 Å². The molecule has 0 aliphatic carbocycles. The molecule has 0 unspecified atom stereocenters. The van der Waals surface area contributed by atoms with Gasteiger partial charge in [-0.1, -0.05) is 30.0 Å². The highest BCUT2D eigenvalue weighted by Gasteiger charge is 2.07. The molecular weight excluding hydrogens is 250 g/mol. The van der Waals surface area contributed by atoms with Gasteiger partial charge in [-0.05, 0) is 18.6 Å². The van der Waals surface area contributed by atoms with Crippen molar-refractivity contribution in [3.63, 3.8) is 0 Å². The first-order chi connectivity index (χ1) is 8.79. The highest BCUT2D eigenvalue weighted by molar-refractivity contribution is 7.99. The lowest BCUT2D eigenvalue weighted by molar-refractivity contribution is 0.251. The zero-order valence-electron chi connectivity index (χ0n) is 9.79. The van der Waals surface area contributed by atoms with Gasteiger partial charge < -0.3 is 9.15 Å². The predicted octanol–water partition coefficient (Wildman–Crippen LogP) is 2.57. The molecule has 0 atom stereocenters. The summed E-state index contributed by atoms with van der Waals surface area (Å²) in [7, 11) is 0. The van der Waals surface area contributed by atoms with Crippen LogP contribution in [0.4, 0.5) is 0 Å². The summed E-state index contributed by atoms with van der Waals surface area (Å²) in [6, 6.07) is 9.71. The molecule has 2 rings (SSSR count). The van der Waals surface area contributed by atoms with E-state index in [9.17, 15) is 0 Å². The third-order valence-electron chi connectivity index (χ3n) is 2.15. The number of rotatable bonds is 5. The van der Waals surface area contributed by atoms with E-state index in [0.29, 0.717) is 16.9 Å². The third-order valence-corrected chi connectivity index (χ3v) is 2.84. The molecule has 92 valence electrons. The monoisotopic (exact) mass is 261 g/mol. The van der Waals surface area contributed by atoms with Crippen LogP contribution in [0.2, 0.25) is 0 Å². The average Bonchev–Trinajstić information content (AvgIpc) is 2.83. The summed E-state index contributed by atoms with van der Waals surface area (Å²) in [6.07, 6.45) is 0. The number of para-hydroxylation sites is 1. The molecule has 0 saturated carbocycles. The van der Waals surface area contributed by atoms with Gasteiger partial charge in [-0.3, -0.25) is 0 Å². The fourth-order valence-corrected chi connectivity index (χ4v) is 1.75. The van der Waals surface area contributed by atoms with Crippen molar-refractivity contribution < 1.29 is 9.15 Å². The van der Waals surface area contributed by atoms with E-state index in [4.69, 9.17) is 14.4 Å². The molecule has 1 aromatic carbocycles. The minimum absolute atomic E-state index is 0.227. The Morgan fingerprint density at radius 3 is 3.00 bits per heavy atom. The van der Waals surface area contributed by atoms with Gasteiger partial charge in [0, 0.05) is 0 Å². The number of nitrogens with zero attached hydrogens (tertiary/aromatic N) is 3. The predicted molar refractivity (Wildman–Crippen MR) is 66.1 cm³/mol. The summed E-state index contributed by atoms with van der Waals surface area (Å²) in [4.78, 5) is 0. The molecule has 2 aromatic rings. The first kappa shape index (κ1) is 12.5. The summed E-state index contributed by atoms with van der Waals surface area (Å²) < 4.78 is 10.9. The fraction of sp³-hybridized carbons (Fsp3) is 0.250. The van der Waals surface area contributed by atoms with Crippen molar-refractivity contribution in [2.45, 2.75) is 18.8 Å². The molecule has 0 amide bonds. The Morgan fingerprint density at radius 2 is 2.22 bits per heavy atom. The second kappa shape index (κ2) is 6.07. The van der Waals surface area contributed by atoms with E-state index in [1.807, 2.05) is 37.3 Å². The van der Waals surface area contributed by atoms with Gasteiger partial charge in [0.05, 0.1) is 11.8 Å². The number of aromatic nitrogens is 2. The van der Waals surface area contributed by atoms with Gasteiger partial charge in [0.2, 0.25) is 0 Å². The van der Waals surface area contributed by atoms with Crippen LogP contribution in [0.15, 0.2) is 33.9 Å². The first-order valence-corrected chi connectivity index (χ1v) is 6.28. The van der Waals surface area contributed by atoms with Crippen LogP contribution >= 0.6 is 11.8 Å². The number of aryl methyl sites for hydroxylation is 1. The van der Waals surface area contributed by atoms with Crippen LogP contribution in [0.25, 0.3) is 0 Å². The van der Waals surface area contributed by atoms with Gasteiger partial charge >= 0.3 is 0 Å². The molecule has 0 aliphatic heterocycles. The van der Waals surface area contributed by atoms with Crippen molar-refractivity contribution in [2.75, 3.05) is 5.75 Å². The summed E-state index contributed by atoms with van der Waals surface area (Å²) in [6.45, 7) is 2.20. The van der Waals surface area contributed by atoms with Crippen molar-refractivity contribution in [2.24, 2.45) is 0 Å². The van der Waals surface area contributed by atoms with Gasteiger partial charge in [0.25, 0.3) is 11.1 Å². The molecular formula is C12H11N3O2S. The van der Waals surface area contributed by atoms with Gasteiger partial charge in [-0.25, -0.2) is 0 Å². The Hall–Kier alpha value is -2.00. The zero-order chi connectivity index (χ0) is 12.8. The molecule has 0 aliphatic rings. The minimum Gasteiger partial charge on any atom is -0.484 e.